The van der Waals surface area contributed by atoms with Crippen LogP contribution in [0.2, 0.25) is 0 Å². The van der Waals surface area contributed by atoms with E-state index < -0.39 is 23.8 Å². The number of amides is 4. The third-order valence-corrected chi connectivity index (χ3v) is 12.5. The molecule has 3 aromatic rings. The summed E-state index contributed by atoms with van der Waals surface area (Å²) in [6, 6.07) is 15.9. The second-order valence-electron chi connectivity index (χ2n) is 16.4. The predicted molar refractivity (Wildman–Crippen MR) is 208 cm³/mol. The lowest BCUT2D eigenvalue weighted by molar-refractivity contribution is -0.139. The van der Waals surface area contributed by atoms with Gasteiger partial charge in [0.1, 0.15) is 24.0 Å². The molecule has 1 atom stereocenters. The lowest BCUT2D eigenvalue weighted by Crippen LogP contribution is -2.55. The van der Waals surface area contributed by atoms with E-state index in [1.807, 2.05) is 25.1 Å². The second kappa shape index (κ2) is 14.7. The topological polar surface area (TPSA) is 155 Å². The number of nitrogens with one attached hydrogen (secondary N) is 2. The average molecular weight is 744 g/mol. The van der Waals surface area contributed by atoms with Crippen LogP contribution < -0.4 is 20.4 Å². The normalized spacial score (nSPS) is 21.6. The van der Waals surface area contributed by atoms with E-state index in [1.165, 1.54) is 18.4 Å². The molecule has 3 saturated heterocycles. The maximum Gasteiger partial charge on any atom is 0.261 e. The molecule has 5 fully saturated rings. The quantitative estimate of drug-likeness (QED) is 0.199. The number of carbonyl (C=O) groups is 4. The average Bonchev–Trinajstić information content (AvgIpc) is 3.95. The molecule has 2 aromatic carbocycles. The van der Waals surface area contributed by atoms with Gasteiger partial charge in [0.25, 0.3) is 5.91 Å². The van der Waals surface area contributed by atoms with Gasteiger partial charge in [-0.25, -0.2) is 9.97 Å². The molecule has 0 radical (unpaired) electrons. The zero-order chi connectivity index (χ0) is 38.3. The van der Waals surface area contributed by atoms with Crippen molar-refractivity contribution in [1.29, 1.82) is 5.26 Å². The molecule has 2 aliphatic carbocycles. The molecule has 2 N–H and O–H groups in total. The first-order chi connectivity index (χ1) is 26.6. The monoisotopic (exact) mass is 743 g/mol. The number of aryl methyl sites for hydroxylation is 2. The molecule has 55 heavy (non-hydrogen) atoms. The van der Waals surface area contributed by atoms with Gasteiger partial charge in [-0.15, -0.1) is 0 Å². The van der Waals surface area contributed by atoms with Crippen LogP contribution in [0.15, 0.2) is 48.8 Å². The first-order valence-electron chi connectivity index (χ1n) is 19.7. The number of imide groups is 2. The van der Waals surface area contributed by atoms with Crippen molar-refractivity contribution >= 4 is 47.1 Å². The minimum Gasteiger partial charge on any atom is -0.369 e. The molecule has 286 valence electrons. The Hall–Kier alpha value is -5.35. The van der Waals surface area contributed by atoms with Crippen LogP contribution in [0, 0.1) is 29.6 Å². The Balaban J connectivity index is 0.830. The maximum atomic E-state index is 13.3. The smallest absolute Gasteiger partial charge is 0.261 e. The Bertz CT molecular complexity index is 2040. The molecule has 8 rings (SSSR count). The van der Waals surface area contributed by atoms with Gasteiger partial charge < -0.3 is 15.1 Å². The number of piperidine rings is 1. The van der Waals surface area contributed by atoms with Gasteiger partial charge in [0, 0.05) is 81.2 Å². The van der Waals surface area contributed by atoms with Crippen molar-refractivity contribution in [1.82, 2.24) is 25.1 Å². The Morgan fingerprint density at radius 1 is 1.05 bits per heavy atom. The number of hydrogen-bond donors (Lipinski definition) is 2. The van der Waals surface area contributed by atoms with Crippen molar-refractivity contribution in [2.24, 2.45) is 11.3 Å². The van der Waals surface area contributed by atoms with Gasteiger partial charge in [0.05, 0.1) is 11.5 Å². The fraction of sp³-hybridized carbons (Fsp3) is 0.500. The van der Waals surface area contributed by atoms with Gasteiger partial charge >= 0.3 is 0 Å². The Morgan fingerprint density at radius 3 is 2.51 bits per heavy atom. The van der Waals surface area contributed by atoms with Crippen molar-refractivity contribution in [2.75, 3.05) is 60.9 Å². The van der Waals surface area contributed by atoms with Crippen LogP contribution in [-0.4, -0.2) is 95.8 Å². The summed E-state index contributed by atoms with van der Waals surface area (Å²) >= 11 is 0. The molecule has 2 saturated carbocycles. The van der Waals surface area contributed by atoms with E-state index in [1.54, 1.807) is 12.4 Å². The molecule has 1 unspecified atom stereocenters. The van der Waals surface area contributed by atoms with E-state index in [0.717, 1.165) is 111 Å². The first kappa shape index (κ1) is 36.6. The lowest BCUT2D eigenvalue weighted by atomic mass is 9.57. The van der Waals surface area contributed by atoms with Crippen LogP contribution in [0.1, 0.15) is 78.9 Å². The Kier molecular flexibility index (Phi) is 9.79. The number of piperazine rings is 1. The van der Waals surface area contributed by atoms with Crippen LogP contribution in [-0.2, 0) is 26.2 Å². The highest BCUT2D eigenvalue weighted by molar-refractivity contribution is 6.07. The number of aromatic nitrogens is 2. The molecule has 4 amide bonds. The zero-order valence-electron chi connectivity index (χ0n) is 31.7. The molecule has 13 nitrogen and oxygen atoms in total. The van der Waals surface area contributed by atoms with Crippen molar-refractivity contribution in [3.8, 4) is 6.07 Å². The molecule has 3 aliphatic heterocycles. The molecule has 13 heteroatoms. The van der Waals surface area contributed by atoms with Crippen molar-refractivity contribution in [2.45, 2.75) is 76.7 Å². The van der Waals surface area contributed by atoms with Gasteiger partial charge in [0.2, 0.25) is 18.2 Å². The molecular weight excluding hydrogens is 695 g/mol. The van der Waals surface area contributed by atoms with Crippen LogP contribution in [0.4, 0.5) is 23.0 Å². The summed E-state index contributed by atoms with van der Waals surface area (Å²) < 4.78 is 0. The fourth-order valence-corrected chi connectivity index (χ4v) is 9.17. The Labute approximate surface area is 322 Å². The second-order valence-corrected chi connectivity index (χ2v) is 16.4. The standard InChI is InChI=1S/C42H49N9O4/c1-3-4-30-5-6-31(42(25-43)23-41(24-42)11-12-41)18-34(30)46-36-19-37(45-26-44-36)50-21-29(22-50)20-48-13-15-49(16-14-48)32-7-8-33(28(2)17-32)40(55)51(27-52)35-9-10-38(53)47-39(35)54/h5-8,17-19,26-27,29,35H,3-4,9-16,20-24H2,1-2H3,(H,44,45,46)(H,47,53,54). The number of benzene rings is 2. The summed E-state index contributed by atoms with van der Waals surface area (Å²) in [6.45, 7) is 10.5. The first-order valence-corrected chi connectivity index (χ1v) is 19.7. The maximum absolute atomic E-state index is 13.3. The summed E-state index contributed by atoms with van der Waals surface area (Å²) in [7, 11) is 0. The van der Waals surface area contributed by atoms with Crippen LogP contribution >= 0.6 is 0 Å². The summed E-state index contributed by atoms with van der Waals surface area (Å²) in [5.41, 5.74) is 5.55. The zero-order valence-corrected chi connectivity index (χ0v) is 31.7. The van der Waals surface area contributed by atoms with E-state index in [2.05, 4.69) is 66.5 Å². The van der Waals surface area contributed by atoms with Gasteiger partial charge in [0.15, 0.2) is 0 Å². The molecular formula is C42H49N9O4. The summed E-state index contributed by atoms with van der Waals surface area (Å²) in [5, 5.41) is 16.0. The van der Waals surface area contributed by atoms with Crippen LogP contribution in [0.25, 0.3) is 0 Å². The molecule has 4 heterocycles. The van der Waals surface area contributed by atoms with Crippen LogP contribution in [0.3, 0.4) is 0 Å². The predicted octanol–water partition coefficient (Wildman–Crippen LogP) is 4.48. The van der Waals surface area contributed by atoms with E-state index in [9.17, 15) is 24.4 Å². The summed E-state index contributed by atoms with van der Waals surface area (Å²) in [5.74, 6) is 0.657. The highest BCUT2D eigenvalue weighted by atomic mass is 16.2. The van der Waals surface area contributed by atoms with Crippen molar-refractivity contribution in [3.63, 3.8) is 0 Å². The van der Waals surface area contributed by atoms with E-state index in [-0.39, 0.29) is 18.3 Å². The van der Waals surface area contributed by atoms with Gasteiger partial charge in [-0.05, 0) is 91.8 Å². The van der Waals surface area contributed by atoms with Crippen molar-refractivity contribution < 1.29 is 19.2 Å². The molecule has 5 aliphatic rings. The van der Waals surface area contributed by atoms with E-state index in [0.29, 0.717) is 23.3 Å². The molecule has 1 aromatic heterocycles. The number of hydrogen-bond acceptors (Lipinski definition) is 11. The van der Waals surface area contributed by atoms with Gasteiger partial charge in [-0.2, -0.15) is 5.26 Å². The number of rotatable bonds is 12. The van der Waals surface area contributed by atoms with Gasteiger partial charge in [-0.1, -0.05) is 25.5 Å². The number of anilines is 4. The van der Waals surface area contributed by atoms with Crippen molar-refractivity contribution in [3.05, 3.63) is 71.0 Å². The minimum atomic E-state index is -0.994. The largest absolute Gasteiger partial charge is 0.369 e. The summed E-state index contributed by atoms with van der Waals surface area (Å²) in [4.78, 5) is 66.3. The van der Waals surface area contributed by atoms with Gasteiger partial charge in [-0.3, -0.25) is 34.3 Å². The fourth-order valence-electron chi connectivity index (χ4n) is 9.17. The van der Waals surface area contributed by atoms with E-state index in [4.69, 9.17) is 0 Å². The molecule has 0 bridgehead atoms. The third kappa shape index (κ3) is 7.27. The number of carbonyl (C=O) groups excluding carboxylic acids is 4. The number of nitriles is 1. The summed E-state index contributed by atoms with van der Waals surface area (Å²) in [6.07, 6.45) is 8.68. The minimum absolute atomic E-state index is 0.0835. The number of nitrogens with zero attached hydrogens (tertiary/aromatic N) is 7. The SMILES string of the molecule is CCCc1ccc(C2(C#N)CC3(CC3)C2)cc1Nc1cc(N2CC(CN3CCN(c4ccc(C(=O)N(C=O)C5CCC(=O)NC5=O)c(C)c4)CC3)C2)ncn1. The van der Waals surface area contributed by atoms with E-state index >= 15 is 0 Å². The highest BCUT2D eigenvalue weighted by Gasteiger charge is 2.62. The van der Waals surface area contributed by atoms with Crippen LogP contribution in [0.5, 0.6) is 0 Å². The third-order valence-electron chi connectivity index (χ3n) is 12.5. The molecule has 1 spiro atoms. The lowest BCUT2D eigenvalue weighted by Gasteiger charge is -2.44. The highest BCUT2D eigenvalue weighted by Crippen LogP contribution is 2.68. The Morgan fingerprint density at radius 2 is 1.84 bits per heavy atom.